The minimum absolute atomic E-state index is 0.774. The van der Waals surface area contributed by atoms with Gasteiger partial charge in [0.25, 0.3) is 0 Å². The molecule has 2 rings (SSSR count). The van der Waals surface area contributed by atoms with Crippen molar-refractivity contribution >= 4 is 22.8 Å². The summed E-state index contributed by atoms with van der Waals surface area (Å²) in [5.41, 5.74) is 2.17. The average Bonchev–Trinajstić information content (AvgIpc) is 2.86. The second kappa shape index (κ2) is 8.29. The molecular weight excluding hydrogens is 270 g/mol. The minimum atomic E-state index is 0.774. The summed E-state index contributed by atoms with van der Waals surface area (Å²) in [6.07, 6.45) is 2.22. The van der Waals surface area contributed by atoms with Gasteiger partial charge in [-0.2, -0.15) is 0 Å². The van der Waals surface area contributed by atoms with Crippen LogP contribution in [0.25, 0.3) is 11.0 Å². The first-order valence-corrected chi connectivity index (χ1v) is 8.13. The van der Waals surface area contributed by atoms with E-state index in [1.54, 1.807) is 7.11 Å². The molecule has 4 nitrogen and oxygen atoms in total. The molecule has 0 bridgehead atoms. The number of hydrogen-bond donors (Lipinski definition) is 2. The van der Waals surface area contributed by atoms with Crippen LogP contribution in [0.15, 0.2) is 23.1 Å². The number of imidazole rings is 1. The first-order valence-electron chi connectivity index (χ1n) is 7.14. The van der Waals surface area contributed by atoms with Gasteiger partial charge in [0.05, 0.1) is 17.6 Å². The van der Waals surface area contributed by atoms with Crippen molar-refractivity contribution in [3.05, 3.63) is 24.0 Å². The highest BCUT2D eigenvalue weighted by atomic mass is 32.2. The maximum atomic E-state index is 5.02. The predicted molar refractivity (Wildman–Crippen MR) is 85.3 cm³/mol. The van der Waals surface area contributed by atoms with E-state index >= 15 is 0 Å². The van der Waals surface area contributed by atoms with Gasteiger partial charge in [-0.15, -0.1) is 11.8 Å². The van der Waals surface area contributed by atoms with Gasteiger partial charge in [-0.1, -0.05) is 6.92 Å². The quantitative estimate of drug-likeness (QED) is 0.551. The van der Waals surface area contributed by atoms with Gasteiger partial charge in [0.15, 0.2) is 0 Å². The minimum Gasteiger partial charge on any atom is -0.385 e. The van der Waals surface area contributed by atoms with Crippen molar-refractivity contribution < 1.29 is 4.74 Å². The molecular formula is C15H23N3OS. The van der Waals surface area contributed by atoms with Gasteiger partial charge in [-0.25, -0.2) is 4.98 Å². The van der Waals surface area contributed by atoms with E-state index in [1.807, 2.05) is 11.8 Å². The molecule has 2 aromatic rings. The number of aromatic amines is 1. The second-order valence-corrected chi connectivity index (χ2v) is 5.90. The van der Waals surface area contributed by atoms with Gasteiger partial charge in [0.1, 0.15) is 5.82 Å². The number of thioether (sulfide) groups is 1. The standard InChI is InChI=1S/C15H23N3OS/c1-3-9-20-12-5-6-13-14(10-12)18-15(17-13)11-16-7-4-8-19-2/h5-6,10,16H,3-4,7-9,11H2,1-2H3,(H,17,18). The predicted octanol–water partition coefficient (Wildman–Crippen LogP) is 3.19. The van der Waals surface area contributed by atoms with Crippen molar-refractivity contribution in [1.82, 2.24) is 15.3 Å². The number of nitrogens with zero attached hydrogens (tertiary/aromatic N) is 1. The Morgan fingerprint density at radius 3 is 3.10 bits per heavy atom. The molecule has 0 aliphatic rings. The molecule has 0 aliphatic carbocycles. The Balaban J connectivity index is 1.91. The number of benzene rings is 1. The summed E-state index contributed by atoms with van der Waals surface area (Å²) < 4.78 is 5.02. The Morgan fingerprint density at radius 2 is 2.30 bits per heavy atom. The summed E-state index contributed by atoms with van der Waals surface area (Å²) in [6, 6.07) is 6.44. The van der Waals surface area contributed by atoms with E-state index in [0.717, 1.165) is 48.7 Å². The number of nitrogens with one attached hydrogen (secondary N) is 2. The molecule has 0 saturated heterocycles. The van der Waals surface area contributed by atoms with Crippen molar-refractivity contribution in [3.63, 3.8) is 0 Å². The lowest BCUT2D eigenvalue weighted by Gasteiger charge is -2.01. The lowest BCUT2D eigenvalue weighted by Crippen LogP contribution is -2.16. The molecule has 0 atom stereocenters. The third-order valence-corrected chi connectivity index (χ3v) is 4.17. The third-order valence-electron chi connectivity index (χ3n) is 2.97. The molecule has 0 spiro atoms. The molecule has 0 fully saturated rings. The molecule has 1 aromatic carbocycles. The molecule has 5 heteroatoms. The maximum absolute atomic E-state index is 5.02. The van der Waals surface area contributed by atoms with Crippen LogP contribution in [0, 0.1) is 0 Å². The Hall–Kier alpha value is -1.04. The van der Waals surface area contributed by atoms with Crippen molar-refractivity contribution in [2.45, 2.75) is 31.2 Å². The highest BCUT2D eigenvalue weighted by molar-refractivity contribution is 7.99. The lowest BCUT2D eigenvalue weighted by atomic mass is 10.3. The van der Waals surface area contributed by atoms with E-state index in [1.165, 1.54) is 11.3 Å². The van der Waals surface area contributed by atoms with Crippen LogP contribution in [0.1, 0.15) is 25.6 Å². The number of ether oxygens (including phenoxy) is 1. The highest BCUT2D eigenvalue weighted by Gasteiger charge is 2.03. The Morgan fingerprint density at radius 1 is 1.40 bits per heavy atom. The summed E-state index contributed by atoms with van der Waals surface area (Å²) in [5, 5.41) is 3.37. The summed E-state index contributed by atoms with van der Waals surface area (Å²) in [4.78, 5) is 9.29. The molecule has 2 N–H and O–H groups in total. The summed E-state index contributed by atoms with van der Waals surface area (Å²) >= 11 is 1.89. The number of rotatable bonds is 9. The van der Waals surface area contributed by atoms with Crippen LogP contribution in [-0.2, 0) is 11.3 Å². The monoisotopic (exact) mass is 293 g/mol. The summed E-state index contributed by atoms with van der Waals surface area (Å²) in [5.74, 6) is 2.16. The topological polar surface area (TPSA) is 49.9 Å². The first-order chi connectivity index (χ1) is 9.83. The van der Waals surface area contributed by atoms with Gasteiger partial charge in [0.2, 0.25) is 0 Å². The van der Waals surface area contributed by atoms with Crippen LogP contribution in [0.2, 0.25) is 0 Å². The Labute approximate surface area is 124 Å². The lowest BCUT2D eigenvalue weighted by molar-refractivity contribution is 0.194. The summed E-state index contributed by atoms with van der Waals surface area (Å²) in [6.45, 7) is 4.72. The largest absolute Gasteiger partial charge is 0.385 e. The fourth-order valence-electron chi connectivity index (χ4n) is 1.98. The molecule has 1 aromatic heterocycles. The third kappa shape index (κ3) is 4.51. The Bertz CT molecular complexity index is 527. The van der Waals surface area contributed by atoms with Gasteiger partial charge >= 0.3 is 0 Å². The van der Waals surface area contributed by atoms with Gasteiger partial charge < -0.3 is 15.0 Å². The number of fused-ring (bicyclic) bond motifs is 1. The van der Waals surface area contributed by atoms with Crippen molar-refractivity contribution in [2.24, 2.45) is 0 Å². The SMILES string of the molecule is CCCSc1ccc2nc(CNCCCOC)[nH]c2c1. The highest BCUT2D eigenvalue weighted by Crippen LogP contribution is 2.22. The molecule has 0 saturated carbocycles. The Kier molecular flexibility index (Phi) is 6.36. The van der Waals surface area contributed by atoms with E-state index in [-0.39, 0.29) is 0 Å². The van der Waals surface area contributed by atoms with Crippen LogP contribution in [0.4, 0.5) is 0 Å². The molecule has 0 aliphatic heterocycles. The molecule has 20 heavy (non-hydrogen) atoms. The van der Waals surface area contributed by atoms with Gasteiger partial charge in [-0.3, -0.25) is 0 Å². The molecule has 110 valence electrons. The van der Waals surface area contributed by atoms with E-state index in [4.69, 9.17) is 4.74 Å². The molecule has 0 unspecified atom stereocenters. The normalized spacial score (nSPS) is 11.3. The van der Waals surface area contributed by atoms with Crippen LogP contribution in [0.3, 0.4) is 0 Å². The van der Waals surface area contributed by atoms with E-state index < -0.39 is 0 Å². The van der Waals surface area contributed by atoms with E-state index in [9.17, 15) is 0 Å². The van der Waals surface area contributed by atoms with E-state index in [0.29, 0.717) is 0 Å². The van der Waals surface area contributed by atoms with Gasteiger partial charge in [-0.05, 0) is 43.3 Å². The number of hydrogen-bond acceptors (Lipinski definition) is 4. The molecule has 0 amide bonds. The first kappa shape index (κ1) is 15.4. The zero-order valence-electron chi connectivity index (χ0n) is 12.2. The zero-order valence-corrected chi connectivity index (χ0v) is 13.1. The smallest absolute Gasteiger partial charge is 0.121 e. The van der Waals surface area contributed by atoms with Crippen LogP contribution in [0.5, 0.6) is 0 Å². The fourth-order valence-corrected chi connectivity index (χ4v) is 2.79. The van der Waals surface area contributed by atoms with Crippen LogP contribution >= 0.6 is 11.8 Å². The average molecular weight is 293 g/mol. The molecule has 1 heterocycles. The van der Waals surface area contributed by atoms with Crippen molar-refractivity contribution in [1.29, 1.82) is 0 Å². The number of aromatic nitrogens is 2. The van der Waals surface area contributed by atoms with Crippen LogP contribution < -0.4 is 5.32 Å². The maximum Gasteiger partial charge on any atom is 0.121 e. The molecule has 0 radical (unpaired) electrons. The fraction of sp³-hybridized carbons (Fsp3) is 0.533. The van der Waals surface area contributed by atoms with Crippen molar-refractivity contribution in [2.75, 3.05) is 26.0 Å². The van der Waals surface area contributed by atoms with Gasteiger partial charge in [0, 0.05) is 18.6 Å². The van der Waals surface area contributed by atoms with Crippen LogP contribution in [-0.4, -0.2) is 36.0 Å². The number of H-pyrrole nitrogens is 1. The van der Waals surface area contributed by atoms with Crippen molar-refractivity contribution in [3.8, 4) is 0 Å². The summed E-state index contributed by atoms with van der Waals surface area (Å²) in [7, 11) is 1.73. The number of methoxy groups -OCH3 is 1. The second-order valence-electron chi connectivity index (χ2n) is 4.73. The zero-order chi connectivity index (χ0) is 14.2. The van der Waals surface area contributed by atoms with E-state index in [2.05, 4.69) is 40.4 Å².